The molecule has 0 unspecified atom stereocenters. The number of benzene rings is 1. The molecule has 3 rings (SSSR count). The molecular formula is C12H9N3O2S. The Morgan fingerprint density at radius 3 is 2.89 bits per heavy atom. The minimum Gasteiger partial charge on any atom is -0.478 e. The Kier molecular flexibility index (Phi) is 2.45. The van der Waals surface area contributed by atoms with Crippen LogP contribution in [0.25, 0.3) is 0 Å². The molecule has 2 heterocycles. The summed E-state index contributed by atoms with van der Waals surface area (Å²) in [6.45, 7) is 0. The predicted molar refractivity (Wildman–Crippen MR) is 67.6 cm³/mol. The van der Waals surface area contributed by atoms with Crippen LogP contribution in [0.15, 0.2) is 40.5 Å². The van der Waals surface area contributed by atoms with Crippen molar-refractivity contribution in [2.24, 2.45) is 0 Å². The number of fused-ring (bicyclic) bond motifs is 2. The summed E-state index contributed by atoms with van der Waals surface area (Å²) in [6, 6.07) is 5.06. The molecule has 1 aliphatic rings. The molecule has 1 aromatic carbocycles. The van der Waals surface area contributed by atoms with Gasteiger partial charge in [-0.1, -0.05) is 11.8 Å². The van der Waals surface area contributed by atoms with Gasteiger partial charge in [-0.3, -0.25) is 0 Å². The fraction of sp³-hybridized carbons (Fsp3) is 0.0833. The van der Waals surface area contributed by atoms with Crippen LogP contribution in [-0.4, -0.2) is 28.1 Å². The summed E-state index contributed by atoms with van der Waals surface area (Å²) in [7, 11) is 1.86. The highest BCUT2D eigenvalue weighted by Crippen LogP contribution is 2.45. The van der Waals surface area contributed by atoms with Crippen LogP contribution < -0.4 is 4.90 Å². The van der Waals surface area contributed by atoms with Gasteiger partial charge in [0.05, 0.1) is 11.3 Å². The van der Waals surface area contributed by atoms with Gasteiger partial charge in [-0.2, -0.15) is 0 Å². The van der Waals surface area contributed by atoms with Crippen molar-refractivity contribution >= 4 is 29.2 Å². The van der Waals surface area contributed by atoms with Gasteiger partial charge >= 0.3 is 5.97 Å². The Balaban J connectivity index is 2.14. The maximum Gasteiger partial charge on any atom is 0.335 e. The number of aromatic carboxylic acids is 1. The summed E-state index contributed by atoms with van der Waals surface area (Å²) >= 11 is 1.50. The SMILES string of the molecule is CN1c2cc(C(=O)O)ccc2Sc2nccnc21. The van der Waals surface area contributed by atoms with Gasteiger partial charge in [-0.05, 0) is 18.2 Å². The molecule has 0 saturated heterocycles. The zero-order chi connectivity index (χ0) is 12.7. The molecule has 6 heteroatoms. The minimum absolute atomic E-state index is 0.272. The summed E-state index contributed by atoms with van der Waals surface area (Å²) in [5.41, 5.74) is 1.11. The molecule has 18 heavy (non-hydrogen) atoms. The van der Waals surface area contributed by atoms with E-state index in [1.165, 1.54) is 11.8 Å². The van der Waals surface area contributed by atoms with Crippen LogP contribution in [0.3, 0.4) is 0 Å². The smallest absolute Gasteiger partial charge is 0.335 e. The van der Waals surface area contributed by atoms with E-state index in [-0.39, 0.29) is 5.56 Å². The molecule has 0 saturated carbocycles. The summed E-state index contributed by atoms with van der Waals surface area (Å²) < 4.78 is 0. The lowest BCUT2D eigenvalue weighted by atomic mass is 10.2. The first-order chi connectivity index (χ1) is 8.66. The Morgan fingerprint density at radius 1 is 1.33 bits per heavy atom. The predicted octanol–water partition coefficient (Wildman–Crippen LogP) is 2.41. The minimum atomic E-state index is -0.929. The second-order valence-corrected chi connectivity index (χ2v) is 4.86. The van der Waals surface area contributed by atoms with E-state index in [0.29, 0.717) is 0 Å². The molecule has 0 radical (unpaired) electrons. The summed E-state index contributed by atoms with van der Waals surface area (Å²) in [4.78, 5) is 22.4. The standard InChI is InChI=1S/C12H9N3O2S/c1-15-8-6-7(12(16)17)2-3-9(8)18-11-10(15)13-4-5-14-11/h2-6H,1H3,(H,16,17). The number of aromatic nitrogens is 2. The van der Waals surface area contributed by atoms with Crippen molar-refractivity contribution in [1.29, 1.82) is 0 Å². The lowest BCUT2D eigenvalue weighted by molar-refractivity contribution is 0.0697. The number of carboxylic acids is 1. The van der Waals surface area contributed by atoms with E-state index in [2.05, 4.69) is 9.97 Å². The lowest BCUT2D eigenvalue weighted by Gasteiger charge is -2.27. The van der Waals surface area contributed by atoms with Gasteiger partial charge in [0.1, 0.15) is 5.03 Å². The molecular weight excluding hydrogens is 250 g/mol. The topological polar surface area (TPSA) is 66.3 Å². The number of carbonyl (C=O) groups is 1. The van der Waals surface area contributed by atoms with Gasteiger partial charge < -0.3 is 10.0 Å². The Labute approximate surface area is 107 Å². The van der Waals surface area contributed by atoms with Crippen LogP contribution in [0.4, 0.5) is 11.5 Å². The molecule has 0 atom stereocenters. The molecule has 1 aromatic heterocycles. The van der Waals surface area contributed by atoms with Crippen LogP contribution in [-0.2, 0) is 0 Å². The Hall–Kier alpha value is -2.08. The van der Waals surface area contributed by atoms with E-state index in [4.69, 9.17) is 5.11 Å². The summed E-state index contributed by atoms with van der Waals surface area (Å²) in [5.74, 6) is -0.182. The van der Waals surface area contributed by atoms with Gasteiger partial charge in [0.15, 0.2) is 5.82 Å². The van der Waals surface area contributed by atoms with Crippen molar-refractivity contribution in [2.45, 2.75) is 9.92 Å². The first-order valence-corrected chi connectivity index (χ1v) is 6.08. The van der Waals surface area contributed by atoms with Gasteiger partial charge in [-0.25, -0.2) is 14.8 Å². The molecule has 2 aromatic rings. The average molecular weight is 259 g/mol. The highest BCUT2D eigenvalue weighted by Gasteiger charge is 2.23. The molecule has 1 aliphatic heterocycles. The van der Waals surface area contributed by atoms with Crippen molar-refractivity contribution in [1.82, 2.24) is 9.97 Å². The molecule has 0 aliphatic carbocycles. The first-order valence-electron chi connectivity index (χ1n) is 5.27. The quantitative estimate of drug-likeness (QED) is 0.848. The maximum absolute atomic E-state index is 11.0. The average Bonchev–Trinajstić information content (AvgIpc) is 2.38. The number of carboxylic acid groups (broad SMARTS) is 1. The Bertz CT molecular complexity index is 645. The van der Waals surface area contributed by atoms with Crippen molar-refractivity contribution in [3.05, 3.63) is 36.2 Å². The number of hydrogen-bond donors (Lipinski definition) is 1. The van der Waals surface area contributed by atoms with Crippen LogP contribution in [0, 0.1) is 0 Å². The number of anilines is 2. The fourth-order valence-electron chi connectivity index (χ4n) is 1.84. The van der Waals surface area contributed by atoms with Crippen LogP contribution in [0.1, 0.15) is 10.4 Å². The van der Waals surface area contributed by atoms with E-state index in [1.54, 1.807) is 30.6 Å². The first kappa shape index (κ1) is 11.0. The second kappa shape index (κ2) is 3.99. The van der Waals surface area contributed by atoms with Crippen molar-refractivity contribution in [2.75, 3.05) is 11.9 Å². The molecule has 0 fully saturated rings. The van der Waals surface area contributed by atoms with E-state index < -0.39 is 5.97 Å². The molecule has 5 nitrogen and oxygen atoms in total. The highest BCUT2D eigenvalue weighted by atomic mass is 32.2. The molecule has 1 N–H and O–H groups in total. The van der Waals surface area contributed by atoms with Crippen LogP contribution >= 0.6 is 11.8 Å². The fourth-order valence-corrected chi connectivity index (χ4v) is 2.88. The van der Waals surface area contributed by atoms with Crippen molar-refractivity contribution in [3.63, 3.8) is 0 Å². The Morgan fingerprint density at radius 2 is 2.11 bits per heavy atom. The van der Waals surface area contributed by atoms with Crippen molar-refractivity contribution in [3.8, 4) is 0 Å². The van der Waals surface area contributed by atoms with Gasteiger partial charge in [0.2, 0.25) is 0 Å². The summed E-state index contributed by atoms with van der Waals surface area (Å²) in [5, 5.41) is 9.84. The molecule has 0 spiro atoms. The maximum atomic E-state index is 11.0. The normalized spacial score (nSPS) is 12.8. The third kappa shape index (κ3) is 1.62. The van der Waals surface area contributed by atoms with Gasteiger partial charge in [-0.15, -0.1) is 0 Å². The molecule has 0 amide bonds. The monoisotopic (exact) mass is 259 g/mol. The number of rotatable bonds is 1. The van der Waals surface area contributed by atoms with Crippen LogP contribution in [0.2, 0.25) is 0 Å². The lowest BCUT2D eigenvalue weighted by Crippen LogP contribution is -2.17. The second-order valence-electron chi connectivity index (χ2n) is 3.83. The summed E-state index contributed by atoms with van der Waals surface area (Å²) in [6.07, 6.45) is 3.28. The molecule has 0 bridgehead atoms. The highest BCUT2D eigenvalue weighted by molar-refractivity contribution is 7.99. The zero-order valence-corrected chi connectivity index (χ0v) is 10.3. The number of nitrogens with zero attached hydrogens (tertiary/aromatic N) is 3. The van der Waals surface area contributed by atoms with E-state index in [0.717, 1.165) is 21.4 Å². The number of hydrogen-bond acceptors (Lipinski definition) is 5. The van der Waals surface area contributed by atoms with E-state index in [1.807, 2.05) is 11.9 Å². The zero-order valence-electron chi connectivity index (χ0n) is 9.49. The largest absolute Gasteiger partial charge is 0.478 e. The van der Waals surface area contributed by atoms with Gasteiger partial charge in [0, 0.05) is 24.3 Å². The van der Waals surface area contributed by atoms with E-state index in [9.17, 15) is 4.79 Å². The third-order valence-corrected chi connectivity index (χ3v) is 3.78. The van der Waals surface area contributed by atoms with Gasteiger partial charge in [0.25, 0.3) is 0 Å². The third-order valence-electron chi connectivity index (χ3n) is 2.74. The molecule has 90 valence electrons. The van der Waals surface area contributed by atoms with E-state index >= 15 is 0 Å². The van der Waals surface area contributed by atoms with Crippen molar-refractivity contribution < 1.29 is 9.90 Å². The van der Waals surface area contributed by atoms with Crippen LogP contribution in [0.5, 0.6) is 0 Å².